The highest BCUT2D eigenvalue weighted by Gasteiger charge is 2.15. The highest BCUT2D eigenvalue weighted by molar-refractivity contribution is 6.00. The number of fused-ring (bicyclic) bond motifs is 1. The van der Waals surface area contributed by atoms with Gasteiger partial charge in [-0.25, -0.2) is 0 Å². The van der Waals surface area contributed by atoms with Crippen molar-refractivity contribution in [2.75, 3.05) is 18.5 Å². The molecule has 21 heavy (non-hydrogen) atoms. The first kappa shape index (κ1) is 13.9. The van der Waals surface area contributed by atoms with Gasteiger partial charge in [0.25, 0.3) is 0 Å². The highest BCUT2D eigenvalue weighted by atomic mass is 16.5. The number of nitrogens with zero attached hydrogens (tertiary/aromatic N) is 1. The molecule has 1 aromatic heterocycles. The summed E-state index contributed by atoms with van der Waals surface area (Å²) in [6.07, 6.45) is 5.67. The zero-order chi connectivity index (χ0) is 14.7. The van der Waals surface area contributed by atoms with E-state index in [4.69, 9.17) is 4.74 Å². The number of benzene rings is 1. The quantitative estimate of drug-likeness (QED) is 0.876. The molecular weight excluding hydrogens is 264 g/mol. The maximum atomic E-state index is 11.3. The van der Waals surface area contributed by atoms with Crippen LogP contribution in [0.15, 0.2) is 43.1 Å². The van der Waals surface area contributed by atoms with Crippen molar-refractivity contribution in [2.45, 2.75) is 19.4 Å². The Balaban J connectivity index is 1.78. The first-order valence-electron chi connectivity index (χ1n) is 7.36. The summed E-state index contributed by atoms with van der Waals surface area (Å²) in [5.41, 5.74) is 2.01. The molecule has 0 saturated carbocycles. The molecule has 0 atom stereocenters. The van der Waals surface area contributed by atoms with Gasteiger partial charge in [0, 0.05) is 42.5 Å². The van der Waals surface area contributed by atoms with Crippen LogP contribution in [0, 0.1) is 5.92 Å². The molecule has 0 bridgehead atoms. The molecule has 1 aliphatic rings. The van der Waals surface area contributed by atoms with Crippen LogP contribution in [0.4, 0.5) is 5.69 Å². The maximum absolute atomic E-state index is 11.3. The summed E-state index contributed by atoms with van der Waals surface area (Å²) in [6.45, 7) is 6.25. The minimum absolute atomic E-state index is 0.184. The highest BCUT2D eigenvalue weighted by Crippen LogP contribution is 2.24. The molecule has 1 saturated heterocycles. The summed E-state index contributed by atoms with van der Waals surface area (Å²) in [4.78, 5) is 11.3. The average Bonchev–Trinajstić information content (AvgIpc) is 2.90. The van der Waals surface area contributed by atoms with Crippen LogP contribution in [0.25, 0.3) is 10.9 Å². The predicted octanol–water partition coefficient (Wildman–Crippen LogP) is 3.19. The summed E-state index contributed by atoms with van der Waals surface area (Å²) in [5, 5.41) is 3.93. The number of amides is 1. The second-order valence-electron chi connectivity index (χ2n) is 5.49. The van der Waals surface area contributed by atoms with E-state index in [1.54, 1.807) is 0 Å². The van der Waals surface area contributed by atoms with Crippen molar-refractivity contribution in [1.29, 1.82) is 0 Å². The summed E-state index contributed by atoms with van der Waals surface area (Å²) in [7, 11) is 0. The van der Waals surface area contributed by atoms with Crippen molar-refractivity contribution < 1.29 is 9.53 Å². The van der Waals surface area contributed by atoms with Gasteiger partial charge in [-0.15, -0.1) is 0 Å². The van der Waals surface area contributed by atoms with E-state index in [1.807, 2.05) is 12.1 Å². The van der Waals surface area contributed by atoms with Crippen LogP contribution >= 0.6 is 0 Å². The van der Waals surface area contributed by atoms with Gasteiger partial charge in [-0.1, -0.05) is 6.58 Å². The van der Waals surface area contributed by atoms with Crippen LogP contribution in [0.1, 0.15) is 12.8 Å². The summed E-state index contributed by atoms with van der Waals surface area (Å²) < 4.78 is 7.71. The van der Waals surface area contributed by atoms with Crippen LogP contribution in [0.2, 0.25) is 0 Å². The fourth-order valence-electron chi connectivity index (χ4n) is 2.84. The largest absolute Gasteiger partial charge is 0.381 e. The lowest BCUT2D eigenvalue weighted by molar-refractivity contribution is -0.111. The van der Waals surface area contributed by atoms with Gasteiger partial charge in [0.05, 0.1) is 0 Å². The molecule has 1 N–H and O–H groups in total. The Morgan fingerprint density at radius 3 is 2.95 bits per heavy atom. The number of carbonyl (C=O) groups excluding carboxylic acids is 1. The SMILES string of the molecule is C=CC(=O)Nc1ccc2c(ccn2CC2CCOCC2)c1. The van der Waals surface area contributed by atoms with E-state index < -0.39 is 0 Å². The number of hydrogen-bond donors (Lipinski definition) is 1. The number of rotatable bonds is 4. The number of ether oxygens (including phenoxy) is 1. The van der Waals surface area contributed by atoms with E-state index in [1.165, 1.54) is 11.6 Å². The normalized spacial score (nSPS) is 16.0. The summed E-state index contributed by atoms with van der Waals surface area (Å²) >= 11 is 0. The van der Waals surface area contributed by atoms with Crippen LogP contribution in [0.3, 0.4) is 0 Å². The molecule has 4 nitrogen and oxygen atoms in total. The Hall–Kier alpha value is -2.07. The summed E-state index contributed by atoms with van der Waals surface area (Å²) in [6, 6.07) is 8.09. The van der Waals surface area contributed by atoms with E-state index in [0.29, 0.717) is 5.92 Å². The van der Waals surface area contributed by atoms with Crippen LogP contribution in [0.5, 0.6) is 0 Å². The minimum Gasteiger partial charge on any atom is -0.381 e. The topological polar surface area (TPSA) is 43.3 Å². The van der Waals surface area contributed by atoms with Crippen molar-refractivity contribution in [1.82, 2.24) is 4.57 Å². The fraction of sp³-hybridized carbons (Fsp3) is 0.353. The minimum atomic E-state index is -0.184. The molecule has 110 valence electrons. The van der Waals surface area contributed by atoms with Crippen molar-refractivity contribution >= 4 is 22.5 Å². The first-order chi connectivity index (χ1) is 10.3. The first-order valence-corrected chi connectivity index (χ1v) is 7.36. The number of aromatic nitrogens is 1. The molecular formula is C17H20N2O2. The Bertz CT molecular complexity index is 654. The maximum Gasteiger partial charge on any atom is 0.247 e. The average molecular weight is 284 g/mol. The molecule has 0 radical (unpaired) electrons. The van der Waals surface area contributed by atoms with E-state index in [2.05, 4.69) is 34.8 Å². The molecule has 1 amide bonds. The molecule has 0 aliphatic carbocycles. The molecule has 1 aliphatic heterocycles. The molecule has 2 aromatic rings. The lowest BCUT2D eigenvalue weighted by Crippen LogP contribution is -2.20. The Morgan fingerprint density at radius 1 is 1.38 bits per heavy atom. The third-order valence-electron chi connectivity index (χ3n) is 4.02. The van der Waals surface area contributed by atoms with Gasteiger partial charge in [-0.3, -0.25) is 4.79 Å². The third kappa shape index (κ3) is 3.16. The number of nitrogens with one attached hydrogen (secondary N) is 1. The predicted molar refractivity (Wildman–Crippen MR) is 84.3 cm³/mol. The fourth-order valence-corrected chi connectivity index (χ4v) is 2.84. The zero-order valence-corrected chi connectivity index (χ0v) is 12.0. The van der Waals surface area contributed by atoms with E-state index in [-0.39, 0.29) is 5.91 Å². The zero-order valence-electron chi connectivity index (χ0n) is 12.0. The van der Waals surface area contributed by atoms with Crippen LogP contribution in [-0.4, -0.2) is 23.7 Å². The Kier molecular flexibility index (Phi) is 4.06. The molecule has 3 rings (SSSR count). The van der Waals surface area contributed by atoms with E-state index in [0.717, 1.165) is 43.7 Å². The van der Waals surface area contributed by atoms with Gasteiger partial charge < -0.3 is 14.6 Å². The smallest absolute Gasteiger partial charge is 0.247 e. The van der Waals surface area contributed by atoms with Gasteiger partial charge in [-0.2, -0.15) is 0 Å². The van der Waals surface area contributed by atoms with Crippen molar-refractivity contribution in [2.24, 2.45) is 5.92 Å². The van der Waals surface area contributed by atoms with Crippen LogP contribution in [-0.2, 0) is 16.1 Å². The third-order valence-corrected chi connectivity index (χ3v) is 4.02. The van der Waals surface area contributed by atoms with Crippen molar-refractivity contribution in [3.8, 4) is 0 Å². The standard InChI is InChI=1S/C17H20N2O2/c1-2-17(20)18-15-3-4-16-14(11-15)5-8-19(16)12-13-6-9-21-10-7-13/h2-5,8,11,13H,1,6-7,9-10,12H2,(H,18,20). The van der Waals surface area contributed by atoms with Gasteiger partial charge in [-0.05, 0) is 49.1 Å². The van der Waals surface area contributed by atoms with Crippen molar-refractivity contribution in [3.05, 3.63) is 43.1 Å². The van der Waals surface area contributed by atoms with Crippen LogP contribution < -0.4 is 5.32 Å². The molecule has 0 unspecified atom stereocenters. The van der Waals surface area contributed by atoms with Gasteiger partial charge >= 0.3 is 0 Å². The Morgan fingerprint density at radius 2 is 2.19 bits per heavy atom. The summed E-state index contributed by atoms with van der Waals surface area (Å²) in [5.74, 6) is 0.505. The number of carbonyl (C=O) groups is 1. The lowest BCUT2D eigenvalue weighted by Gasteiger charge is -2.22. The van der Waals surface area contributed by atoms with Gasteiger partial charge in [0.15, 0.2) is 0 Å². The second-order valence-corrected chi connectivity index (χ2v) is 5.49. The number of anilines is 1. The van der Waals surface area contributed by atoms with Crippen molar-refractivity contribution in [3.63, 3.8) is 0 Å². The monoisotopic (exact) mass is 284 g/mol. The number of hydrogen-bond acceptors (Lipinski definition) is 2. The molecule has 0 spiro atoms. The Labute approximate surface area is 124 Å². The van der Waals surface area contributed by atoms with E-state index >= 15 is 0 Å². The molecule has 4 heteroatoms. The van der Waals surface area contributed by atoms with Gasteiger partial charge in [0.2, 0.25) is 5.91 Å². The molecule has 2 heterocycles. The molecule has 1 aromatic carbocycles. The van der Waals surface area contributed by atoms with Gasteiger partial charge in [0.1, 0.15) is 0 Å². The molecule has 1 fully saturated rings. The second kappa shape index (κ2) is 6.14. The van der Waals surface area contributed by atoms with E-state index in [9.17, 15) is 4.79 Å². The lowest BCUT2D eigenvalue weighted by atomic mass is 10.0.